The molecule has 0 saturated heterocycles. The average Bonchev–Trinajstić information content (AvgIpc) is 2.36. The summed E-state index contributed by atoms with van der Waals surface area (Å²) in [7, 11) is 0. The van der Waals surface area contributed by atoms with Gasteiger partial charge < -0.3 is 5.32 Å². The van der Waals surface area contributed by atoms with Crippen LogP contribution in [0.5, 0.6) is 0 Å². The molecule has 0 fully saturated rings. The summed E-state index contributed by atoms with van der Waals surface area (Å²) in [6.45, 7) is 9.97. The van der Waals surface area contributed by atoms with E-state index in [1.54, 1.807) is 0 Å². The Morgan fingerprint density at radius 3 is 2.74 bits per heavy atom. The molecule has 0 bridgehead atoms. The van der Waals surface area contributed by atoms with Crippen LogP contribution in [-0.2, 0) is 0 Å². The van der Waals surface area contributed by atoms with Crippen LogP contribution in [0.1, 0.15) is 45.6 Å². The lowest BCUT2D eigenvalue weighted by Crippen LogP contribution is -2.36. The average molecular weight is 256 g/mol. The first kappa shape index (κ1) is 14.0. The fraction of sp³-hybridized carbons (Fsp3) is 0.471. The minimum absolute atomic E-state index is 0.201. The Labute approximate surface area is 116 Å². The quantitative estimate of drug-likeness (QED) is 0.890. The molecule has 0 aliphatic carbocycles. The van der Waals surface area contributed by atoms with Gasteiger partial charge in [0.25, 0.3) is 0 Å². The van der Waals surface area contributed by atoms with Crippen molar-refractivity contribution in [3.8, 4) is 0 Å². The van der Waals surface area contributed by atoms with Crippen LogP contribution in [-0.4, -0.2) is 17.1 Å². The molecule has 2 rings (SSSR count). The fourth-order valence-corrected chi connectivity index (χ4v) is 2.23. The van der Waals surface area contributed by atoms with E-state index in [1.165, 1.54) is 10.9 Å². The highest BCUT2D eigenvalue weighted by molar-refractivity contribution is 5.79. The van der Waals surface area contributed by atoms with Gasteiger partial charge in [0.1, 0.15) is 0 Å². The van der Waals surface area contributed by atoms with Gasteiger partial charge in [-0.3, -0.25) is 4.98 Å². The first-order chi connectivity index (χ1) is 8.96. The maximum Gasteiger partial charge on any atom is 0.0702 e. The predicted octanol–water partition coefficient (Wildman–Crippen LogP) is 4.12. The molecule has 1 aromatic carbocycles. The molecule has 102 valence electrons. The lowest BCUT2D eigenvalue weighted by Gasteiger charge is -2.22. The Morgan fingerprint density at radius 2 is 2.00 bits per heavy atom. The van der Waals surface area contributed by atoms with Crippen LogP contribution in [0.2, 0.25) is 0 Å². The van der Waals surface area contributed by atoms with E-state index in [1.807, 2.05) is 12.3 Å². The van der Waals surface area contributed by atoms with Crippen molar-refractivity contribution in [2.45, 2.75) is 45.6 Å². The summed E-state index contributed by atoms with van der Waals surface area (Å²) < 4.78 is 0. The Balaban J connectivity index is 2.03. The highest BCUT2D eigenvalue weighted by Crippen LogP contribution is 2.22. The molecule has 1 N–H and O–H groups in total. The van der Waals surface area contributed by atoms with Gasteiger partial charge in [-0.25, -0.2) is 0 Å². The molecule has 1 atom stereocenters. The monoisotopic (exact) mass is 256 g/mol. The zero-order chi connectivity index (χ0) is 13.9. The van der Waals surface area contributed by atoms with Gasteiger partial charge >= 0.3 is 0 Å². The van der Waals surface area contributed by atoms with Gasteiger partial charge in [0.05, 0.1) is 5.52 Å². The Hall–Kier alpha value is -1.41. The molecule has 2 nitrogen and oxygen atoms in total. The minimum atomic E-state index is 0.201. The van der Waals surface area contributed by atoms with Gasteiger partial charge in [-0.05, 0) is 63.4 Å². The molecule has 1 unspecified atom stereocenters. The Bertz CT molecular complexity index is 540. The van der Waals surface area contributed by atoms with Crippen molar-refractivity contribution in [3.63, 3.8) is 0 Å². The summed E-state index contributed by atoms with van der Waals surface area (Å²) in [5.41, 5.74) is 2.68. The van der Waals surface area contributed by atoms with Crippen molar-refractivity contribution < 1.29 is 0 Å². The van der Waals surface area contributed by atoms with Crippen molar-refractivity contribution in [2.24, 2.45) is 0 Å². The zero-order valence-electron chi connectivity index (χ0n) is 12.4. The van der Waals surface area contributed by atoms with Crippen LogP contribution in [0.25, 0.3) is 10.9 Å². The molecule has 0 radical (unpaired) electrons. The van der Waals surface area contributed by atoms with Gasteiger partial charge in [0, 0.05) is 17.1 Å². The van der Waals surface area contributed by atoms with Crippen molar-refractivity contribution >= 4 is 10.9 Å². The van der Waals surface area contributed by atoms with Gasteiger partial charge in [0.15, 0.2) is 0 Å². The Kier molecular flexibility index (Phi) is 4.20. The van der Waals surface area contributed by atoms with Crippen LogP contribution >= 0.6 is 0 Å². The molecule has 1 aromatic heterocycles. The number of hydrogen-bond donors (Lipinski definition) is 1. The predicted molar refractivity (Wildman–Crippen MR) is 82.5 cm³/mol. The topological polar surface area (TPSA) is 24.9 Å². The number of benzene rings is 1. The number of hydrogen-bond acceptors (Lipinski definition) is 2. The summed E-state index contributed by atoms with van der Waals surface area (Å²) in [6.07, 6.45) is 3.00. The molecule has 0 aliphatic rings. The van der Waals surface area contributed by atoms with Crippen LogP contribution in [0.15, 0.2) is 36.5 Å². The third kappa shape index (κ3) is 4.03. The molecule has 0 amide bonds. The van der Waals surface area contributed by atoms with E-state index < -0.39 is 0 Å². The standard InChI is InChI=1S/C17H24N2/c1-13(9-11-19-17(2,3)4)14-7-8-16-15(12-14)6-5-10-18-16/h5-8,10,12-13,19H,9,11H2,1-4H3. The number of aromatic nitrogens is 1. The first-order valence-electron chi connectivity index (χ1n) is 7.05. The van der Waals surface area contributed by atoms with E-state index in [-0.39, 0.29) is 5.54 Å². The second-order valence-corrected chi connectivity index (χ2v) is 6.32. The molecule has 2 heteroatoms. The summed E-state index contributed by atoms with van der Waals surface area (Å²) in [5.74, 6) is 0.569. The SMILES string of the molecule is CC(CCNC(C)(C)C)c1ccc2ncccc2c1. The number of rotatable bonds is 4. The molecule has 19 heavy (non-hydrogen) atoms. The number of fused-ring (bicyclic) bond motifs is 1. The van der Waals surface area contributed by atoms with Crippen molar-refractivity contribution in [1.29, 1.82) is 0 Å². The molecule has 0 spiro atoms. The van der Waals surface area contributed by atoms with Crippen LogP contribution < -0.4 is 5.32 Å². The van der Waals surface area contributed by atoms with E-state index in [0.29, 0.717) is 5.92 Å². The largest absolute Gasteiger partial charge is 0.312 e. The van der Waals surface area contributed by atoms with Gasteiger partial charge in [-0.2, -0.15) is 0 Å². The van der Waals surface area contributed by atoms with Crippen molar-refractivity contribution in [2.75, 3.05) is 6.54 Å². The highest BCUT2D eigenvalue weighted by atomic mass is 14.9. The second-order valence-electron chi connectivity index (χ2n) is 6.32. The fourth-order valence-electron chi connectivity index (χ4n) is 2.23. The third-order valence-electron chi connectivity index (χ3n) is 3.43. The van der Waals surface area contributed by atoms with Gasteiger partial charge in [-0.15, -0.1) is 0 Å². The normalized spacial score (nSPS) is 13.7. The van der Waals surface area contributed by atoms with Crippen molar-refractivity contribution in [1.82, 2.24) is 10.3 Å². The molecule has 0 saturated carbocycles. The van der Waals surface area contributed by atoms with E-state index in [4.69, 9.17) is 0 Å². The summed E-state index contributed by atoms with van der Waals surface area (Å²) in [5, 5.41) is 4.78. The number of nitrogens with one attached hydrogen (secondary N) is 1. The third-order valence-corrected chi connectivity index (χ3v) is 3.43. The molecule has 0 aliphatic heterocycles. The summed E-state index contributed by atoms with van der Waals surface area (Å²) in [4.78, 5) is 4.36. The minimum Gasteiger partial charge on any atom is -0.312 e. The molecular weight excluding hydrogens is 232 g/mol. The Morgan fingerprint density at radius 1 is 1.21 bits per heavy atom. The first-order valence-corrected chi connectivity index (χ1v) is 7.05. The summed E-state index contributed by atoms with van der Waals surface area (Å²) in [6, 6.07) is 10.7. The maximum atomic E-state index is 4.36. The van der Waals surface area contributed by atoms with Crippen molar-refractivity contribution in [3.05, 3.63) is 42.1 Å². The number of pyridine rings is 1. The molecule has 2 aromatic rings. The van der Waals surface area contributed by atoms with Gasteiger partial charge in [-0.1, -0.05) is 19.1 Å². The highest BCUT2D eigenvalue weighted by Gasteiger charge is 2.11. The van der Waals surface area contributed by atoms with E-state index in [2.05, 4.69) is 62.3 Å². The van der Waals surface area contributed by atoms with Gasteiger partial charge in [0.2, 0.25) is 0 Å². The van der Waals surface area contributed by atoms with Crippen LogP contribution in [0.3, 0.4) is 0 Å². The van der Waals surface area contributed by atoms with E-state index >= 15 is 0 Å². The lowest BCUT2D eigenvalue weighted by atomic mass is 9.96. The van der Waals surface area contributed by atoms with E-state index in [9.17, 15) is 0 Å². The maximum absolute atomic E-state index is 4.36. The summed E-state index contributed by atoms with van der Waals surface area (Å²) >= 11 is 0. The van der Waals surface area contributed by atoms with Crippen LogP contribution in [0, 0.1) is 0 Å². The molecular formula is C17H24N2. The van der Waals surface area contributed by atoms with E-state index in [0.717, 1.165) is 18.5 Å². The zero-order valence-corrected chi connectivity index (χ0v) is 12.4. The number of nitrogens with zero attached hydrogens (tertiary/aromatic N) is 1. The smallest absolute Gasteiger partial charge is 0.0702 e. The molecule has 1 heterocycles. The second kappa shape index (κ2) is 5.70. The van der Waals surface area contributed by atoms with Crippen LogP contribution in [0.4, 0.5) is 0 Å². The lowest BCUT2D eigenvalue weighted by molar-refractivity contribution is 0.413.